The van der Waals surface area contributed by atoms with E-state index in [-0.39, 0.29) is 18.5 Å². The van der Waals surface area contributed by atoms with Crippen molar-refractivity contribution < 1.29 is 19.5 Å². The second kappa shape index (κ2) is 6.11. The minimum absolute atomic E-state index is 0.0155. The summed E-state index contributed by atoms with van der Waals surface area (Å²) >= 11 is 0. The average molecular weight is 283 g/mol. The molecule has 3 amide bonds. The van der Waals surface area contributed by atoms with E-state index < -0.39 is 12.0 Å². The van der Waals surface area contributed by atoms with Gasteiger partial charge in [-0.05, 0) is 25.7 Å². The van der Waals surface area contributed by atoms with E-state index in [2.05, 4.69) is 0 Å². The molecule has 0 aliphatic carbocycles. The highest BCUT2D eigenvalue weighted by atomic mass is 16.4. The minimum Gasteiger partial charge on any atom is -0.480 e. The Morgan fingerprint density at radius 1 is 1.15 bits per heavy atom. The molecular weight excluding hydrogens is 262 g/mol. The molecule has 2 aliphatic rings. The van der Waals surface area contributed by atoms with Crippen molar-refractivity contribution in [2.45, 2.75) is 31.7 Å². The van der Waals surface area contributed by atoms with E-state index in [0.717, 1.165) is 25.9 Å². The van der Waals surface area contributed by atoms with Crippen molar-refractivity contribution in [1.29, 1.82) is 0 Å². The van der Waals surface area contributed by atoms with Gasteiger partial charge in [0.25, 0.3) is 0 Å². The highest BCUT2D eigenvalue weighted by molar-refractivity contribution is 5.87. The first-order chi connectivity index (χ1) is 9.50. The molecule has 112 valence electrons. The van der Waals surface area contributed by atoms with Gasteiger partial charge in [-0.15, -0.1) is 0 Å². The lowest BCUT2D eigenvalue weighted by molar-refractivity contribution is -0.141. The van der Waals surface area contributed by atoms with E-state index in [9.17, 15) is 14.4 Å². The number of carboxylic acid groups (broad SMARTS) is 1. The summed E-state index contributed by atoms with van der Waals surface area (Å²) in [5.41, 5.74) is 0. The molecule has 2 heterocycles. The summed E-state index contributed by atoms with van der Waals surface area (Å²) in [5, 5.41) is 9.08. The largest absolute Gasteiger partial charge is 0.480 e. The zero-order valence-corrected chi connectivity index (χ0v) is 11.7. The number of urea groups is 1. The predicted octanol–water partition coefficient (Wildman–Crippen LogP) is 0.210. The molecule has 0 aromatic rings. The van der Waals surface area contributed by atoms with Gasteiger partial charge in [-0.3, -0.25) is 4.79 Å². The number of carbonyl (C=O) groups excluding carboxylic acids is 2. The maximum atomic E-state index is 12.2. The van der Waals surface area contributed by atoms with Crippen LogP contribution in [0.5, 0.6) is 0 Å². The van der Waals surface area contributed by atoms with E-state index in [1.54, 1.807) is 11.9 Å². The van der Waals surface area contributed by atoms with Crippen LogP contribution in [-0.2, 0) is 9.59 Å². The maximum absolute atomic E-state index is 12.2. The molecule has 20 heavy (non-hydrogen) atoms. The molecule has 0 bridgehead atoms. The highest BCUT2D eigenvalue weighted by Crippen LogP contribution is 2.19. The number of amides is 3. The van der Waals surface area contributed by atoms with Crippen LogP contribution in [0.25, 0.3) is 0 Å². The van der Waals surface area contributed by atoms with Crippen molar-refractivity contribution in [2.75, 3.05) is 33.2 Å². The number of hydrogen-bond donors (Lipinski definition) is 1. The van der Waals surface area contributed by atoms with Gasteiger partial charge in [0.2, 0.25) is 5.91 Å². The molecule has 0 spiro atoms. The van der Waals surface area contributed by atoms with Crippen LogP contribution in [0, 0.1) is 0 Å². The Morgan fingerprint density at radius 2 is 1.80 bits per heavy atom. The molecule has 0 aromatic heterocycles. The van der Waals surface area contributed by atoms with Crippen molar-refractivity contribution >= 4 is 17.9 Å². The first kappa shape index (κ1) is 14.6. The lowest BCUT2D eigenvalue weighted by Crippen LogP contribution is -2.49. The number of nitrogens with zero attached hydrogens (tertiary/aromatic N) is 3. The predicted molar refractivity (Wildman–Crippen MR) is 71.2 cm³/mol. The second-order valence-electron chi connectivity index (χ2n) is 5.42. The van der Waals surface area contributed by atoms with Crippen molar-refractivity contribution in [3.05, 3.63) is 0 Å². The van der Waals surface area contributed by atoms with Gasteiger partial charge >= 0.3 is 12.0 Å². The quantitative estimate of drug-likeness (QED) is 0.803. The van der Waals surface area contributed by atoms with Gasteiger partial charge in [0, 0.05) is 26.7 Å². The number of carboxylic acids is 1. The van der Waals surface area contributed by atoms with Crippen LogP contribution in [0.1, 0.15) is 25.7 Å². The Labute approximate surface area is 118 Å². The number of rotatable bonds is 3. The van der Waals surface area contributed by atoms with Crippen molar-refractivity contribution in [3.63, 3.8) is 0 Å². The fraction of sp³-hybridized carbons (Fsp3) is 0.769. The number of hydrogen-bond acceptors (Lipinski definition) is 3. The van der Waals surface area contributed by atoms with Crippen molar-refractivity contribution in [3.8, 4) is 0 Å². The lowest BCUT2D eigenvalue weighted by Gasteiger charge is -2.28. The van der Waals surface area contributed by atoms with Crippen LogP contribution in [-0.4, -0.2) is 77.0 Å². The molecule has 0 aromatic carbocycles. The Kier molecular flexibility index (Phi) is 4.46. The summed E-state index contributed by atoms with van der Waals surface area (Å²) in [7, 11) is 1.55. The third-order valence-electron chi connectivity index (χ3n) is 3.94. The fourth-order valence-electron chi connectivity index (χ4n) is 2.81. The average Bonchev–Trinajstić information content (AvgIpc) is 3.08. The van der Waals surface area contributed by atoms with Crippen LogP contribution in [0.3, 0.4) is 0 Å². The number of aliphatic carboxylic acids is 1. The number of carbonyl (C=O) groups is 3. The van der Waals surface area contributed by atoms with Crippen LogP contribution in [0.2, 0.25) is 0 Å². The van der Waals surface area contributed by atoms with Gasteiger partial charge in [-0.1, -0.05) is 0 Å². The molecule has 0 saturated carbocycles. The van der Waals surface area contributed by atoms with Crippen molar-refractivity contribution in [2.24, 2.45) is 0 Å². The zero-order valence-electron chi connectivity index (χ0n) is 11.7. The van der Waals surface area contributed by atoms with Crippen LogP contribution in [0.15, 0.2) is 0 Å². The van der Waals surface area contributed by atoms with Gasteiger partial charge in [-0.25, -0.2) is 9.59 Å². The number of likely N-dealkylation sites (tertiary alicyclic amines) is 2. The summed E-state index contributed by atoms with van der Waals surface area (Å²) in [6.07, 6.45) is 3.19. The second-order valence-corrected chi connectivity index (χ2v) is 5.42. The first-order valence-electron chi connectivity index (χ1n) is 7.03. The standard InChI is InChI=1S/C13H21N3O4/c1-14(9-11(17)15-6-2-3-7-15)13(20)16-8-4-5-10(16)12(18)19/h10H,2-9H2,1H3,(H,18,19). The third kappa shape index (κ3) is 3.02. The minimum atomic E-state index is -0.977. The SMILES string of the molecule is CN(CC(=O)N1CCCC1)C(=O)N1CCCC1C(=O)O. The first-order valence-corrected chi connectivity index (χ1v) is 7.03. The van der Waals surface area contributed by atoms with Crippen LogP contribution >= 0.6 is 0 Å². The van der Waals surface area contributed by atoms with E-state index >= 15 is 0 Å². The summed E-state index contributed by atoms with van der Waals surface area (Å²) in [4.78, 5) is 39.7. The topological polar surface area (TPSA) is 81.2 Å². The molecule has 2 saturated heterocycles. The molecule has 1 atom stereocenters. The molecule has 2 aliphatic heterocycles. The van der Waals surface area contributed by atoms with Crippen LogP contribution < -0.4 is 0 Å². The molecule has 2 rings (SSSR count). The molecular formula is C13H21N3O4. The Bertz CT molecular complexity index is 406. The van der Waals surface area contributed by atoms with Crippen LogP contribution in [0.4, 0.5) is 4.79 Å². The Balaban J connectivity index is 1.91. The molecule has 1 unspecified atom stereocenters. The van der Waals surface area contributed by atoms with E-state index in [1.807, 2.05) is 0 Å². The lowest BCUT2D eigenvalue weighted by atomic mass is 10.2. The molecule has 2 fully saturated rings. The maximum Gasteiger partial charge on any atom is 0.326 e. The van der Waals surface area contributed by atoms with E-state index in [0.29, 0.717) is 19.4 Å². The Hall–Kier alpha value is -1.79. The highest BCUT2D eigenvalue weighted by Gasteiger charge is 2.36. The van der Waals surface area contributed by atoms with Gasteiger partial charge in [-0.2, -0.15) is 0 Å². The zero-order chi connectivity index (χ0) is 14.7. The summed E-state index contributed by atoms with van der Waals surface area (Å²) in [6.45, 7) is 1.96. The monoisotopic (exact) mass is 283 g/mol. The summed E-state index contributed by atoms with van der Waals surface area (Å²) in [5.74, 6) is -1.04. The van der Waals surface area contributed by atoms with Gasteiger partial charge < -0.3 is 19.8 Å². The molecule has 7 nitrogen and oxygen atoms in total. The van der Waals surface area contributed by atoms with Gasteiger partial charge in [0.1, 0.15) is 12.6 Å². The number of likely N-dealkylation sites (N-methyl/N-ethyl adjacent to an activating group) is 1. The summed E-state index contributed by atoms with van der Waals surface area (Å²) < 4.78 is 0. The molecule has 1 N–H and O–H groups in total. The van der Waals surface area contributed by atoms with Crippen molar-refractivity contribution in [1.82, 2.24) is 14.7 Å². The summed E-state index contributed by atoms with van der Waals surface area (Å²) in [6, 6.07) is -1.13. The fourth-order valence-corrected chi connectivity index (χ4v) is 2.81. The van der Waals surface area contributed by atoms with E-state index in [4.69, 9.17) is 5.11 Å². The molecule has 7 heteroatoms. The van der Waals surface area contributed by atoms with Gasteiger partial charge in [0.05, 0.1) is 0 Å². The van der Waals surface area contributed by atoms with Gasteiger partial charge in [0.15, 0.2) is 0 Å². The normalized spacial score (nSPS) is 22.1. The van der Waals surface area contributed by atoms with E-state index in [1.165, 1.54) is 9.80 Å². The molecule has 0 radical (unpaired) electrons. The third-order valence-corrected chi connectivity index (χ3v) is 3.94. The Morgan fingerprint density at radius 3 is 2.40 bits per heavy atom. The smallest absolute Gasteiger partial charge is 0.326 e.